The number of benzene rings is 2. The van der Waals surface area contributed by atoms with Crippen LogP contribution in [-0.2, 0) is 16.0 Å². The molecule has 1 unspecified atom stereocenters. The third kappa shape index (κ3) is 5.28. The summed E-state index contributed by atoms with van der Waals surface area (Å²) >= 11 is -2.25. The molecule has 2 aliphatic heterocycles. The van der Waals surface area contributed by atoms with Gasteiger partial charge in [-0.25, -0.2) is 13.8 Å². The van der Waals surface area contributed by atoms with Crippen LogP contribution in [-0.4, -0.2) is 69.5 Å². The van der Waals surface area contributed by atoms with Gasteiger partial charge in [-0.05, 0) is 51.2 Å². The average Bonchev–Trinajstić information content (AvgIpc) is 2.86. The van der Waals surface area contributed by atoms with Gasteiger partial charge < -0.3 is 19.9 Å². The molecular weight excluding hydrogens is 456 g/mol. The van der Waals surface area contributed by atoms with Crippen molar-refractivity contribution in [3.63, 3.8) is 0 Å². The first-order valence-corrected chi connectivity index (χ1v) is 13.0. The quantitative estimate of drug-likeness (QED) is 0.607. The zero-order chi connectivity index (χ0) is 24.1. The topological polar surface area (TPSA) is 102 Å². The highest BCUT2D eigenvalue weighted by Gasteiger charge is 2.31. The van der Waals surface area contributed by atoms with Crippen LogP contribution >= 0.6 is 0 Å². The van der Waals surface area contributed by atoms with Crippen LogP contribution in [0.25, 0.3) is 10.8 Å². The number of hydrogen-bond donors (Lipinski definition) is 2. The zero-order valence-corrected chi connectivity index (χ0v) is 20.3. The summed E-state index contributed by atoms with van der Waals surface area (Å²) in [5, 5.41) is 4.63. The van der Waals surface area contributed by atoms with Gasteiger partial charge in [-0.1, -0.05) is 24.3 Å². The predicted molar refractivity (Wildman–Crippen MR) is 133 cm³/mol. The molecule has 2 saturated heterocycles. The van der Waals surface area contributed by atoms with Crippen LogP contribution < -0.4 is 9.62 Å². The van der Waals surface area contributed by atoms with E-state index in [9.17, 15) is 18.4 Å². The summed E-state index contributed by atoms with van der Waals surface area (Å²) in [4.78, 5) is 28.3. The molecule has 0 saturated carbocycles. The summed E-state index contributed by atoms with van der Waals surface area (Å²) < 4.78 is 29.3. The lowest BCUT2D eigenvalue weighted by molar-refractivity contribution is 0.0976. The number of anilines is 2. The van der Waals surface area contributed by atoms with Crippen LogP contribution in [0.1, 0.15) is 39.0 Å². The molecule has 0 radical (unpaired) electrons. The highest BCUT2D eigenvalue weighted by atomic mass is 32.2. The van der Waals surface area contributed by atoms with Crippen LogP contribution in [0.2, 0.25) is 0 Å². The number of nitrogens with zero attached hydrogens (tertiary/aromatic N) is 3. The number of nitrogens with one attached hydrogen (secondary N) is 1. The monoisotopic (exact) mass is 488 g/mol. The predicted octanol–water partition coefficient (Wildman–Crippen LogP) is 4.42. The maximum atomic E-state index is 12.8. The smallest absolute Gasteiger partial charge is 0.409 e. The molecule has 0 bridgehead atoms. The zero-order valence-electron chi connectivity index (χ0n) is 19.4. The Bertz CT molecular complexity index is 1050. The van der Waals surface area contributed by atoms with E-state index in [4.69, 9.17) is 4.74 Å². The van der Waals surface area contributed by atoms with E-state index in [0.717, 1.165) is 43.1 Å². The third-order valence-electron chi connectivity index (χ3n) is 6.51. The Morgan fingerprint density at radius 1 is 1.03 bits per heavy atom. The lowest BCUT2D eigenvalue weighted by Crippen LogP contribution is -2.47. The van der Waals surface area contributed by atoms with Crippen LogP contribution in [0.15, 0.2) is 36.4 Å². The van der Waals surface area contributed by atoms with Crippen molar-refractivity contribution < 1.29 is 23.1 Å². The average molecular weight is 489 g/mol. The van der Waals surface area contributed by atoms with Gasteiger partial charge in [0, 0.05) is 43.0 Å². The van der Waals surface area contributed by atoms with Crippen molar-refractivity contribution in [2.75, 3.05) is 42.4 Å². The van der Waals surface area contributed by atoms with E-state index in [2.05, 4.69) is 5.32 Å². The molecule has 10 heteroatoms. The van der Waals surface area contributed by atoms with Crippen molar-refractivity contribution in [1.29, 1.82) is 0 Å². The molecule has 34 heavy (non-hydrogen) atoms. The fourth-order valence-corrected chi connectivity index (χ4v) is 5.58. The first-order valence-electron chi connectivity index (χ1n) is 11.9. The number of fused-ring (bicyclic) bond motifs is 1. The Morgan fingerprint density at radius 3 is 2.35 bits per heavy atom. The summed E-state index contributed by atoms with van der Waals surface area (Å²) in [5.41, 5.74) is 1.30. The highest BCUT2D eigenvalue weighted by Crippen LogP contribution is 2.36. The van der Waals surface area contributed by atoms with E-state index in [1.807, 2.05) is 29.2 Å². The fraction of sp³-hybridized carbons (Fsp3) is 0.500. The normalized spacial score (nSPS) is 17.9. The van der Waals surface area contributed by atoms with Gasteiger partial charge in [0.15, 0.2) is 0 Å². The maximum absolute atomic E-state index is 12.8. The van der Waals surface area contributed by atoms with Crippen LogP contribution in [0.5, 0.6) is 0 Å². The second-order valence-electron chi connectivity index (χ2n) is 8.63. The van der Waals surface area contributed by atoms with Crippen molar-refractivity contribution in [3.8, 4) is 0 Å². The molecule has 2 aliphatic rings. The molecule has 2 N–H and O–H groups in total. The number of hydrogen-bond acceptors (Lipinski definition) is 4. The van der Waals surface area contributed by atoms with Gasteiger partial charge in [0.2, 0.25) is 0 Å². The molecule has 2 aromatic carbocycles. The minimum atomic E-state index is -2.25. The second-order valence-corrected chi connectivity index (χ2v) is 9.48. The van der Waals surface area contributed by atoms with E-state index in [1.54, 1.807) is 24.0 Å². The number of piperidine rings is 2. The molecule has 2 heterocycles. The van der Waals surface area contributed by atoms with Crippen molar-refractivity contribution in [2.24, 2.45) is 0 Å². The summed E-state index contributed by atoms with van der Waals surface area (Å²) in [5.74, 6) is 0. The van der Waals surface area contributed by atoms with Crippen LogP contribution in [0, 0.1) is 0 Å². The van der Waals surface area contributed by atoms with Crippen LogP contribution in [0.3, 0.4) is 0 Å². The molecule has 3 amide bonds. The molecular formula is C24H32N4O5S. The number of urea groups is 1. The first kappa shape index (κ1) is 24.3. The van der Waals surface area contributed by atoms with E-state index in [-0.39, 0.29) is 18.2 Å². The Morgan fingerprint density at radius 2 is 1.71 bits per heavy atom. The fourth-order valence-electron chi connectivity index (χ4n) is 4.78. The Balaban J connectivity index is 1.58. The van der Waals surface area contributed by atoms with Crippen molar-refractivity contribution in [3.05, 3.63) is 36.4 Å². The summed E-state index contributed by atoms with van der Waals surface area (Å²) in [7, 11) is 0. The summed E-state index contributed by atoms with van der Waals surface area (Å²) in [6.07, 6.45) is 3.92. The van der Waals surface area contributed by atoms with E-state index in [0.29, 0.717) is 43.9 Å². The lowest BCUT2D eigenvalue weighted by Gasteiger charge is -2.37. The third-order valence-corrected chi connectivity index (χ3v) is 7.35. The number of likely N-dealkylation sites (tertiary alicyclic amines) is 2. The maximum Gasteiger partial charge on any atom is 0.409 e. The minimum absolute atomic E-state index is 0.119. The number of carbonyl (C=O) groups is 2. The molecule has 2 aromatic rings. The second kappa shape index (κ2) is 11.1. The van der Waals surface area contributed by atoms with E-state index in [1.165, 1.54) is 4.31 Å². The van der Waals surface area contributed by atoms with Gasteiger partial charge in [0.05, 0.1) is 18.0 Å². The van der Waals surface area contributed by atoms with Crippen molar-refractivity contribution in [2.45, 2.75) is 45.1 Å². The standard InChI is InChI=1S/C24H32N4O5S/c1-2-33-24(30)27-16-12-18(13-17-27)28(34(31)32)22-11-10-21(19-8-4-5-9-20(19)22)25-23(29)26-14-6-3-7-15-26/h4-5,8-11,18H,2-3,6-7,12-17H2,1H3,(H,25,29)(H,31,32). The van der Waals surface area contributed by atoms with Gasteiger partial charge in [-0.15, -0.1) is 0 Å². The number of rotatable bonds is 5. The molecule has 184 valence electrons. The van der Waals surface area contributed by atoms with Gasteiger partial charge in [-0.3, -0.25) is 8.86 Å². The Labute approximate surface area is 202 Å². The SMILES string of the molecule is CCOC(=O)N1CCC(N(c2ccc(NC(=O)N3CCCCC3)c3ccccc23)S(=O)O)CC1. The first-order chi connectivity index (χ1) is 16.5. The number of amides is 3. The lowest BCUT2D eigenvalue weighted by atomic mass is 10.0. The van der Waals surface area contributed by atoms with Gasteiger partial charge >= 0.3 is 12.1 Å². The number of carbonyl (C=O) groups excluding carboxylic acids is 2. The molecule has 2 fully saturated rings. The molecule has 0 aromatic heterocycles. The summed E-state index contributed by atoms with van der Waals surface area (Å²) in [6.45, 7) is 4.51. The molecule has 0 aliphatic carbocycles. The molecule has 9 nitrogen and oxygen atoms in total. The van der Waals surface area contributed by atoms with Gasteiger partial charge in [-0.2, -0.15) is 0 Å². The Kier molecular flexibility index (Phi) is 7.89. The highest BCUT2D eigenvalue weighted by molar-refractivity contribution is 7.80. The van der Waals surface area contributed by atoms with E-state index < -0.39 is 11.3 Å². The van der Waals surface area contributed by atoms with E-state index >= 15 is 0 Å². The summed E-state index contributed by atoms with van der Waals surface area (Å²) in [6, 6.07) is 10.8. The van der Waals surface area contributed by atoms with Crippen LogP contribution in [0.4, 0.5) is 21.0 Å². The van der Waals surface area contributed by atoms with Gasteiger partial charge in [0.25, 0.3) is 11.3 Å². The minimum Gasteiger partial charge on any atom is -0.450 e. The van der Waals surface area contributed by atoms with Gasteiger partial charge in [0.1, 0.15) is 0 Å². The largest absolute Gasteiger partial charge is 0.450 e. The Hall–Kier alpha value is -2.85. The molecule has 0 spiro atoms. The number of ether oxygens (including phenoxy) is 1. The van der Waals surface area contributed by atoms with Crippen molar-refractivity contribution in [1.82, 2.24) is 9.80 Å². The molecule has 1 atom stereocenters. The molecule has 4 rings (SSSR count). The van der Waals surface area contributed by atoms with Crippen molar-refractivity contribution >= 4 is 45.5 Å².